The van der Waals surface area contributed by atoms with E-state index < -0.39 is 11.6 Å². The molecule has 3 aromatic rings. The van der Waals surface area contributed by atoms with Gasteiger partial charge >= 0.3 is 0 Å². The number of hydrogen-bond donors (Lipinski definition) is 1. The van der Waals surface area contributed by atoms with Gasteiger partial charge < -0.3 is 10.6 Å². The van der Waals surface area contributed by atoms with Gasteiger partial charge in [0.05, 0.1) is 11.3 Å². The van der Waals surface area contributed by atoms with Crippen molar-refractivity contribution in [2.45, 2.75) is 38.6 Å². The Morgan fingerprint density at radius 3 is 2.61 bits per heavy atom. The molecule has 170 valence electrons. The van der Waals surface area contributed by atoms with Crippen LogP contribution in [0.15, 0.2) is 42.5 Å². The van der Waals surface area contributed by atoms with Crippen molar-refractivity contribution in [2.24, 2.45) is 5.73 Å². The number of carbonyl (C=O) groups is 1. The first-order chi connectivity index (χ1) is 15.8. The van der Waals surface area contributed by atoms with Crippen molar-refractivity contribution < 1.29 is 13.6 Å². The zero-order valence-electron chi connectivity index (χ0n) is 18.6. The van der Waals surface area contributed by atoms with Crippen molar-refractivity contribution in [3.8, 4) is 23.0 Å². The standard InChI is InChI=1S/C25H25F2N5O/c1-15(2)16-7-8-23(21(27)10-16)32-24(17-5-6-18(13-28)20(26)11-17)12-22(30-32)25(33)31-9-3-4-19(29)14-31/h5-8,10-12,15,19H,3-4,9,14,29H2,1-2H3. The lowest BCUT2D eigenvalue weighted by molar-refractivity contribution is 0.0702. The average Bonchev–Trinajstić information content (AvgIpc) is 3.23. The molecule has 1 aliphatic rings. The zero-order chi connectivity index (χ0) is 23.7. The monoisotopic (exact) mass is 449 g/mol. The van der Waals surface area contributed by atoms with E-state index in [-0.39, 0.29) is 34.8 Å². The van der Waals surface area contributed by atoms with Crippen LogP contribution in [-0.2, 0) is 0 Å². The molecule has 2 heterocycles. The number of nitrogens with two attached hydrogens (primary N) is 1. The quantitative estimate of drug-likeness (QED) is 0.640. The summed E-state index contributed by atoms with van der Waals surface area (Å²) >= 11 is 0. The van der Waals surface area contributed by atoms with Crippen molar-refractivity contribution in [3.63, 3.8) is 0 Å². The number of benzene rings is 2. The fraction of sp³-hybridized carbons (Fsp3) is 0.320. The first-order valence-corrected chi connectivity index (χ1v) is 10.9. The van der Waals surface area contributed by atoms with Crippen molar-refractivity contribution in [3.05, 3.63) is 70.9 Å². The van der Waals surface area contributed by atoms with Crippen LogP contribution < -0.4 is 5.73 Å². The summed E-state index contributed by atoms with van der Waals surface area (Å²) in [6, 6.07) is 12.2. The van der Waals surface area contributed by atoms with Gasteiger partial charge in [0.15, 0.2) is 5.69 Å². The number of nitriles is 1. The van der Waals surface area contributed by atoms with Crippen LogP contribution in [0.25, 0.3) is 16.9 Å². The molecule has 0 aliphatic carbocycles. The summed E-state index contributed by atoms with van der Waals surface area (Å²) in [5, 5.41) is 13.5. The van der Waals surface area contributed by atoms with E-state index in [2.05, 4.69) is 5.10 Å². The maximum absolute atomic E-state index is 15.1. The summed E-state index contributed by atoms with van der Waals surface area (Å²) in [6.07, 6.45) is 1.65. The molecule has 1 atom stereocenters. The van der Waals surface area contributed by atoms with Gasteiger partial charge in [-0.05, 0) is 54.7 Å². The normalized spacial score (nSPS) is 16.2. The van der Waals surface area contributed by atoms with Gasteiger partial charge in [-0.3, -0.25) is 4.79 Å². The molecule has 6 nitrogen and oxygen atoms in total. The van der Waals surface area contributed by atoms with E-state index in [9.17, 15) is 9.18 Å². The molecule has 1 aliphatic heterocycles. The van der Waals surface area contributed by atoms with Crippen LogP contribution in [0, 0.1) is 23.0 Å². The van der Waals surface area contributed by atoms with Crippen molar-refractivity contribution >= 4 is 5.91 Å². The molecule has 1 amide bonds. The summed E-state index contributed by atoms with van der Waals surface area (Å²) in [6.45, 7) is 4.92. The molecular formula is C25H25F2N5O. The van der Waals surface area contributed by atoms with Crippen LogP contribution in [0.1, 0.15) is 54.2 Å². The molecule has 0 bridgehead atoms. The number of nitrogens with zero attached hydrogens (tertiary/aromatic N) is 4. The summed E-state index contributed by atoms with van der Waals surface area (Å²) in [7, 11) is 0. The number of halogens is 2. The predicted octanol–water partition coefficient (Wildman–Crippen LogP) is 4.38. The Bertz CT molecular complexity index is 1240. The van der Waals surface area contributed by atoms with Crippen LogP contribution in [0.4, 0.5) is 8.78 Å². The Kier molecular flexibility index (Phi) is 6.25. The minimum Gasteiger partial charge on any atom is -0.336 e. The minimum absolute atomic E-state index is 0.0992. The van der Waals surface area contributed by atoms with E-state index in [0.29, 0.717) is 24.3 Å². The van der Waals surface area contributed by atoms with E-state index in [1.54, 1.807) is 29.2 Å². The molecule has 2 aromatic carbocycles. The average molecular weight is 450 g/mol. The Morgan fingerprint density at radius 2 is 1.97 bits per heavy atom. The van der Waals surface area contributed by atoms with Gasteiger partial charge in [0.1, 0.15) is 23.4 Å². The highest BCUT2D eigenvalue weighted by Crippen LogP contribution is 2.29. The topological polar surface area (TPSA) is 87.9 Å². The Morgan fingerprint density at radius 1 is 1.18 bits per heavy atom. The lowest BCUT2D eigenvalue weighted by Gasteiger charge is -2.30. The molecule has 2 N–H and O–H groups in total. The van der Waals surface area contributed by atoms with Crippen molar-refractivity contribution in [1.29, 1.82) is 5.26 Å². The molecule has 1 aromatic heterocycles. The third kappa shape index (κ3) is 4.50. The van der Waals surface area contributed by atoms with Crippen LogP contribution in [0.3, 0.4) is 0 Å². The second-order valence-electron chi connectivity index (χ2n) is 8.65. The fourth-order valence-electron chi connectivity index (χ4n) is 4.05. The van der Waals surface area contributed by atoms with E-state index in [1.165, 1.54) is 28.9 Å². The van der Waals surface area contributed by atoms with Gasteiger partial charge in [0.25, 0.3) is 5.91 Å². The highest BCUT2D eigenvalue weighted by molar-refractivity contribution is 5.93. The first kappa shape index (κ1) is 22.6. The summed E-state index contributed by atoms with van der Waals surface area (Å²) in [5.41, 5.74) is 7.74. The van der Waals surface area contributed by atoms with Crippen LogP contribution in [-0.4, -0.2) is 39.7 Å². The van der Waals surface area contributed by atoms with Crippen molar-refractivity contribution in [1.82, 2.24) is 14.7 Å². The highest BCUT2D eigenvalue weighted by Gasteiger charge is 2.26. The Labute approximate surface area is 191 Å². The number of hydrogen-bond acceptors (Lipinski definition) is 4. The molecule has 0 spiro atoms. The Balaban J connectivity index is 1.83. The Hall–Kier alpha value is -3.57. The molecule has 33 heavy (non-hydrogen) atoms. The van der Waals surface area contributed by atoms with Crippen LogP contribution >= 0.6 is 0 Å². The number of likely N-dealkylation sites (tertiary alicyclic amines) is 1. The summed E-state index contributed by atoms with van der Waals surface area (Å²) in [5.74, 6) is -1.37. The van der Waals surface area contributed by atoms with Gasteiger partial charge in [-0.25, -0.2) is 13.5 Å². The van der Waals surface area contributed by atoms with Gasteiger partial charge in [-0.15, -0.1) is 0 Å². The number of rotatable bonds is 4. The molecule has 1 fully saturated rings. The van der Waals surface area contributed by atoms with E-state index in [4.69, 9.17) is 11.0 Å². The second-order valence-corrected chi connectivity index (χ2v) is 8.65. The molecular weight excluding hydrogens is 424 g/mol. The predicted molar refractivity (Wildman–Crippen MR) is 121 cm³/mol. The lowest BCUT2D eigenvalue weighted by atomic mass is 10.0. The van der Waals surface area contributed by atoms with Gasteiger partial charge in [0.2, 0.25) is 0 Å². The van der Waals surface area contributed by atoms with Crippen molar-refractivity contribution in [2.75, 3.05) is 13.1 Å². The lowest BCUT2D eigenvalue weighted by Crippen LogP contribution is -2.45. The zero-order valence-corrected chi connectivity index (χ0v) is 18.6. The molecule has 8 heteroatoms. The number of amides is 1. The number of piperidine rings is 1. The third-order valence-electron chi connectivity index (χ3n) is 5.93. The maximum atomic E-state index is 15.1. The molecule has 1 unspecified atom stereocenters. The van der Waals surface area contributed by atoms with Crippen LogP contribution in [0.5, 0.6) is 0 Å². The third-order valence-corrected chi connectivity index (χ3v) is 5.93. The number of aromatic nitrogens is 2. The largest absolute Gasteiger partial charge is 0.336 e. The summed E-state index contributed by atoms with van der Waals surface area (Å²) in [4.78, 5) is 14.8. The van der Waals surface area contributed by atoms with E-state index >= 15 is 4.39 Å². The summed E-state index contributed by atoms with van der Waals surface area (Å²) < 4.78 is 30.8. The fourth-order valence-corrected chi connectivity index (χ4v) is 4.05. The molecule has 1 saturated heterocycles. The highest BCUT2D eigenvalue weighted by atomic mass is 19.1. The molecule has 4 rings (SSSR count). The van der Waals surface area contributed by atoms with Gasteiger partial charge in [-0.2, -0.15) is 10.4 Å². The van der Waals surface area contributed by atoms with E-state index in [1.807, 2.05) is 13.8 Å². The number of carbonyl (C=O) groups excluding carboxylic acids is 1. The van der Waals surface area contributed by atoms with Gasteiger partial charge in [-0.1, -0.05) is 26.0 Å². The van der Waals surface area contributed by atoms with Gasteiger partial charge in [0, 0.05) is 24.7 Å². The minimum atomic E-state index is -0.701. The van der Waals surface area contributed by atoms with Crippen LogP contribution in [0.2, 0.25) is 0 Å². The second kappa shape index (κ2) is 9.12. The van der Waals surface area contributed by atoms with E-state index in [0.717, 1.165) is 18.4 Å². The first-order valence-electron chi connectivity index (χ1n) is 10.9. The smallest absolute Gasteiger partial charge is 0.274 e. The molecule has 0 radical (unpaired) electrons. The SMILES string of the molecule is CC(C)c1ccc(-n2nc(C(=O)N3CCCC(N)C3)cc2-c2ccc(C#N)c(F)c2)c(F)c1. The maximum Gasteiger partial charge on any atom is 0.274 e. The molecule has 0 saturated carbocycles.